The topological polar surface area (TPSA) is 35.5 Å². The highest BCUT2D eigenvalue weighted by Gasteiger charge is 2.13. The molecule has 1 aliphatic heterocycles. The van der Waals surface area contributed by atoms with Crippen LogP contribution in [-0.2, 0) is 6.54 Å². The average molecular weight is 266 g/mol. The molecule has 1 fully saturated rings. The van der Waals surface area contributed by atoms with Crippen LogP contribution in [0.2, 0.25) is 0 Å². The summed E-state index contributed by atoms with van der Waals surface area (Å²) >= 11 is 0. The van der Waals surface area contributed by atoms with Crippen LogP contribution in [0.15, 0.2) is 18.2 Å². The van der Waals surface area contributed by atoms with Crippen molar-refractivity contribution in [3.63, 3.8) is 0 Å². The predicted molar refractivity (Wildman–Crippen MR) is 74.7 cm³/mol. The zero-order valence-electron chi connectivity index (χ0n) is 11.5. The van der Waals surface area contributed by atoms with E-state index in [0.717, 1.165) is 6.54 Å². The van der Waals surface area contributed by atoms with E-state index < -0.39 is 0 Å². The minimum absolute atomic E-state index is 0.152. The molecule has 1 heterocycles. The second kappa shape index (κ2) is 6.87. The number of benzene rings is 1. The summed E-state index contributed by atoms with van der Waals surface area (Å²) in [6.45, 7) is 5.99. The maximum absolute atomic E-state index is 13.1. The summed E-state index contributed by atoms with van der Waals surface area (Å²) < 4.78 is 13.1. The van der Waals surface area contributed by atoms with Gasteiger partial charge in [-0.3, -0.25) is 0 Å². The van der Waals surface area contributed by atoms with E-state index in [1.165, 1.54) is 50.6 Å². The standard InChI is InChI=1S/C15H23FN2O/c1-12(11-18-7-3-2-4-8-18)17-10-13-9-14(16)5-6-15(13)19/h5-6,9,12,17,19H,2-4,7-8,10-11H2,1H3. The molecule has 19 heavy (non-hydrogen) atoms. The number of piperidine rings is 1. The Kier molecular flexibility index (Phi) is 5.16. The summed E-state index contributed by atoms with van der Waals surface area (Å²) in [7, 11) is 0. The number of hydrogen-bond donors (Lipinski definition) is 2. The van der Waals surface area contributed by atoms with Gasteiger partial charge in [-0.1, -0.05) is 6.42 Å². The van der Waals surface area contributed by atoms with Gasteiger partial charge in [0.1, 0.15) is 11.6 Å². The molecule has 0 aliphatic carbocycles. The molecule has 1 unspecified atom stereocenters. The van der Waals surface area contributed by atoms with Crippen molar-refractivity contribution in [3.8, 4) is 5.75 Å². The lowest BCUT2D eigenvalue weighted by atomic mass is 10.1. The van der Waals surface area contributed by atoms with Crippen LogP contribution in [-0.4, -0.2) is 35.7 Å². The minimum Gasteiger partial charge on any atom is -0.508 e. The quantitative estimate of drug-likeness (QED) is 0.859. The van der Waals surface area contributed by atoms with E-state index in [9.17, 15) is 9.50 Å². The molecule has 0 radical (unpaired) electrons. The number of phenols is 1. The van der Waals surface area contributed by atoms with Gasteiger partial charge in [-0.25, -0.2) is 4.39 Å². The summed E-state index contributed by atoms with van der Waals surface area (Å²) in [4.78, 5) is 2.46. The summed E-state index contributed by atoms with van der Waals surface area (Å²) in [6, 6.07) is 4.40. The first-order chi connectivity index (χ1) is 9.15. The molecule has 3 nitrogen and oxygen atoms in total. The fourth-order valence-corrected chi connectivity index (χ4v) is 2.57. The zero-order valence-corrected chi connectivity index (χ0v) is 11.5. The lowest BCUT2D eigenvalue weighted by molar-refractivity contribution is 0.208. The Bertz CT molecular complexity index is 405. The van der Waals surface area contributed by atoms with Crippen LogP contribution in [0.1, 0.15) is 31.7 Å². The molecule has 0 aromatic heterocycles. The molecule has 1 aromatic carbocycles. The molecule has 0 amide bonds. The maximum atomic E-state index is 13.1. The fourth-order valence-electron chi connectivity index (χ4n) is 2.57. The number of halogens is 1. The fraction of sp³-hybridized carbons (Fsp3) is 0.600. The number of hydrogen-bond acceptors (Lipinski definition) is 3. The Balaban J connectivity index is 1.79. The van der Waals surface area contributed by atoms with Crippen LogP contribution in [0.25, 0.3) is 0 Å². The van der Waals surface area contributed by atoms with Crippen molar-refractivity contribution in [3.05, 3.63) is 29.6 Å². The highest BCUT2D eigenvalue weighted by atomic mass is 19.1. The Labute approximate surface area is 114 Å². The first kappa shape index (κ1) is 14.3. The highest BCUT2D eigenvalue weighted by Crippen LogP contribution is 2.17. The van der Waals surface area contributed by atoms with Crippen molar-refractivity contribution in [1.82, 2.24) is 10.2 Å². The van der Waals surface area contributed by atoms with E-state index in [0.29, 0.717) is 18.2 Å². The van der Waals surface area contributed by atoms with Crippen LogP contribution in [0.5, 0.6) is 5.75 Å². The monoisotopic (exact) mass is 266 g/mol. The van der Waals surface area contributed by atoms with Gasteiger partial charge in [0.05, 0.1) is 0 Å². The van der Waals surface area contributed by atoms with E-state index in [1.54, 1.807) is 0 Å². The minimum atomic E-state index is -0.307. The van der Waals surface area contributed by atoms with E-state index in [4.69, 9.17) is 0 Å². The molecule has 2 N–H and O–H groups in total. The number of rotatable bonds is 5. The molecule has 4 heteroatoms. The largest absolute Gasteiger partial charge is 0.508 e. The van der Waals surface area contributed by atoms with Crippen LogP contribution in [0, 0.1) is 5.82 Å². The Morgan fingerprint density at radius 3 is 2.79 bits per heavy atom. The Morgan fingerprint density at radius 1 is 1.32 bits per heavy atom. The van der Waals surface area contributed by atoms with Crippen LogP contribution >= 0.6 is 0 Å². The molecular formula is C15H23FN2O. The molecule has 0 saturated carbocycles. The molecule has 1 atom stereocenters. The zero-order chi connectivity index (χ0) is 13.7. The smallest absolute Gasteiger partial charge is 0.123 e. The number of nitrogens with zero attached hydrogens (tertiary/aromatic N) is 1. The second-order valence-corrected chi connectivity index (χ2v) is 5.42. The summed E-state index contributed by atoms with van der Waals surface area (Å²) in [5.41, 5.74) is 0.616. The molecule has 0 spiro atoms. The molecular weight excluding hydrogens is 243 g/mol. The van der Waals surface area contributed by atoms with E-state index in [-0.39, 0.29) is 11.6 Å². The molecule has 1 saturated heterocycles. The normalized spacial score (nSPS) is 18.4. The lowest BCUT2D eigenvalue weighted by Gasteiger charge is -2.29. The summed E-state index contributed by atoms with van der Waals surface area (Å²) in [6.07, 6.45) is 3.92. The third-order valence-corrected chi connectivity index (χ3v) is 3.66. The lowest BCUT2D eigenvalue weighted by Crippen LogP contribution is -2.41. The third-order valence-electron chi connectivity index (χ3n) is 3.66. The van der Waals surface area contributed by atoms with Crippen molar-refractivity contribution < 1.29 is 9.50 Å². The van der Waals surface area contributed by atoms with Gasteiger partial charge in [-0.15, -0.1) is 0 Å². The summed E-state index contributed by atoms with van der Waals surface area (Å²) in [5, 5.41) is 13.0. The van der Waals surface area contributed by atoms with Gasteiger partial charge in [0.25, 0.3) is 0 Å². The van der Waals surface area contributed by atoms with Gasteiger partial charge in [0.2, 0.25) is 0 Å². The Hall–Kier alpha value is -1.13. The molecule has 2 rings (SSSR count). The van der Waals surface area contributed by atoms with Gasteiger partial charge in [-0.2, -0.15) is 0 Å². The van der Waals surface area contributed by atoms with E-state index in [2.05, 4.69) is 17.1 Å². The Morgan fingerprint density at radius 2 is 2.05 bits per heavy atom. The number of likely N-dealkylation sites (tertiary alicyclic amines) is 1. The molecule has 1 aromatic rings. The van der Waals surface area contributed by atoms with Gasteiger partial charge in [-0.05, 0) is 51.1 Å². The maximum Gasteiger partial charge on any atom is 0.123 e. The van der Waals surface area contributed by atoms with Crippen LogP contribution in [0.3, 0.4) is 0 Å². The van der Waals surface area contributed by atoms with Crippen molar-refractivity contribution >= 4 is 0 Å². The van der Waals surface area contributed by atoms with Crippen molar-refractivity contribution in [2.75, 3.05) is 19.6 Å². The number of phenolic OH excluding ortho intramolecular Hbond substituents is 1. The first-order valence-electron chi connectivity index (χ1n) is 7.08. The van der Waals surface area contributed by atoms with Crippen molar-refractivity contribution in [2.45, 2.75) is 38.8 Å². The van der Waals surface area contributed by atoms with Crippen LogP contribution < -0.4 is 5.32 Å². The molecule has 0 bridgehead atoms. The highest BCUT2D eigenvalue weighted by molar-refractivity contribution is 5.32. The number of nitrogens with one attached hydrogen (secondary N) is 1. The number of aromatic hydroxyl groups is 1. The second-order valence-electron chi connectivity index (χ2n) is 5.42. The third kappa shape index (κ3) is 4.48. The first-order valence-corrected chi connectivity index (χ1v) is 7.08. The summed E-state index contributed by atoms with van der Waals surface area (Å²) in [5.74, 6) is -0.155. The van der Waals surface area contributed by atoms with E-state index >= 15 is 0 Å². The molecule has 1 aliphatic rings. The SMILES string of the molecule is CC(CN1CCCCC1)NCc1cc(F)ccc1O. The van der Waals surface area contributed by atoms with Gasteiger partial charge in [0.15, 0.2) is 0 Å². The van der Waals surface area contributed by atoms with Crippen molar-refractivity contribution in [1.29, 1.82) is 0 Å². The van der Waals surface area contributed by atoms with Gasteiger partial charge in [0, 0.05) is 24.7 Å². The van der Waals surface area contributed by atoms with Gasteiger partial charge >= 0.3 is 0 Å². The molecule has 106 valence electrons. The predicted octanol–water partition coefficient (Wildman–Crippen LogP) is 2.50. The van der Waals surface area contributed by atoms with E-state index in [1.807, 2.05) is 0 Å². The van der Waals surface area contributed by atoms with Crippen molar-refractivity contribution in [2.24, 2.45) is 0 Å². The average Bonchev–Trinajstić information content (AvgIpc) is 2.41. The van der Waals surface area contributed by atoms with Gasteiger partial charge < -0.3 is 15.3 Å². The van der Waals surface area contributed by atoms with Crippen LogP contribution in [0.4, 0.5) is 4.39 Å².